The van der Waals surface area contributed by atoms with Crippen molar-refractivity contribution in [2.24, 2.45) is 7.05 Å². The maximum Gasteiger partial charge on any atom is 0.146 e. The Morgan fingerprint density at radius 1 is 1.20 bits per heavy atom. The topological polar surface area (TPSA) is 22.2 Å². The molecule has 0 N–H and O–H groups in total. The molecule has 0 fully saturated rings. The summed E-state index contributed by atoms with van der Waals surface area (Å²) < 4.78 is 4.50. The molecule has 0 bridgehead atoms. The summed E-state index contributed by atoms with van der Waals surface area (Å²) in [5, 5.41) is 5.40. The van der Waals surface area contributed by atoms with Crippen LogP contribution < -0.4 is 0 Å². The Morgan fingerprint density at radius 3 is 2.87 bits per heavy atom. The van der Waals surface area contributed by atoms with Crippen LogP contribution in [0.2, 0.25) is 0 Å². The molecule has 3 rings (SSSR count). The lowest BCUT2D eigenvalue weighted by Gasteiger charge is -1.99. The molecular formula is C11H9N3S. The number of benzene rings is 1. The Bertz CT molecular complexity index is 708. The van der Waals surface area contributed by atoms with Gasteiger partial charge in [0.25, 0.3) is 0 Å². The van der Waals surface area contributed by atoms with Gasteiger partial charge in [-0.2, -0.15) is 5.10 Å². The molecule has 0 aliphatic rings. The van der Waals surface area contributed by atoms with Crippen LogP contribution in [0.15, 0.2) is 36.7 Å². The predicted molar refractivity (Wildman–Crippen MR) is 62.5 cm³/mol. The first kappa shape index (κ1) is 8.61. The Morgan fingerprint density at radius 2 is 2.00 bits per heavy atom. The van der Waals surface area contributed by atoms with E-state index in [1.807, 2.05) is 23.6 Å². The molecule has 15 heavy (non-hydrogen) atoms. The largest absolute Gasteiger partial charge is 0.296 e. The molecule has 2 heterocycles. The number of rotatable bonds is 0. The first-order valence-corrected chi connectivity index (χ1v) is 5.10. The Labute approximate surface area is 91.6 Å². The highest BCUT2D eigenvalue weighted by Gasteiger charge is 2.03. The molecule has 0 spiro atoms. The van der Waals surface area contributed by atoms with E-state index >= 15 is 0 Å². The van der Waals surface area contributed by atoms with E-state index in [9.17, 15) is 0 Å². The molecule has 0 aliphatic heterocycles. The van der Waals surface area contributed by atoms with Gasteiger partial charge in [0, 0.05) is 12.4 Å². The molecule has 0 amide bonds. The van der Waals surface area contributed by atoms with E-state index in [1.165, 1.54) is 5.39 Å². The maximum atomic E-state index is 5.32. The smallest absolute Gasteiger partial charge is 0.146 e. The molecule has 0 saturated carbocycles. The summed E-state index contributed by atoms with van der Waals surface area (Å²) >= 11 is 5.32. The van der Waals surface area contributed by atoms with E-state index in [1.54, 1.807) is 11.0 Å². The average molecular weight is 215 g/mol. The van der Waals surface area contributed by atoms with Crippen molar-refractivity contribution < 1.29 is 0 Å². The number of hydrogen-bond donors (Lipinski definition) is 0. The summed E-state index contributed by atoms with van der Waals surface area (Å²) in [6, 6.07) is 10.3. The van der Waals surface area contributed by atoms with E-state index in [-0.39, 0.29) is 0 Å². The quantitative estimate of drug-likeness (QED) is 0.538. The third-order valence-electron chi connectivity index (χ3n) is 2.60. The lowest BCUT2D eigenvalue weighted by molar-refractivity contribution is 0.711. The maximum absolute atomic E-state index is 5.32. The summed E-state index contributed by atoms with van der Waals surface area (Å²) in [5.41, 5.74) is 2.18. The van der Waals surface area contributed by atoms with Gasteiger partial charge in [0.2, 0.25) is 0 Å². The molecule has 74 valence electrons. The van der Waals surface area contributed by atoms with Crippen LogP contribution in [0.4, 0.5) is 0 Å². The molecule has 0 aliphatic carbocycles. The van der Waals surface area contributed by atoms with Crippen LogP contribution in [-0.2, 0) is 7.05 Å². The first-order chi connectivity index (χ1) is 7.27. The lowest BCUT2D eigenvalue weighted by atomic mass is 10.2. The molecule has 2 aromatic heterocycles. The van der Waals surface area contributed by atoms with Crippen LogP contribution in [0.25, 0.3) is 16.4 Å². The Kier molecular flexibility index (Phi) is 1.67. The molecule has 0 saturated heterocycles. The van der Waals surface area contributed by atoms with Crippen molar-refractivity contribution in [3.05, 3.63) is 41.3 Å². The molecule has 3 aromatic rings. The van der Waals surface area contributed by atoms with Gasteiger partial charge >= 0.3 is 0 Å². The zero-order valence-corrected chi connectivity index (χ0v) is 9.03. The molecule has 4 heteroatoms. The summed E-state index contributed by atoms with van der Waals surface area (Å²) in [6.45, 7) is 0. The normalized spacial score (nSPS) is 11.3. The second-order valence-electron chi connectivity index (χ2n) is 3.52. The van der Waals surface area contributed by atoms with Crippen LogP contribution in [0.5, 0.6) is 0 Å². The summed E-state index contributed by atoms with van der Waals surface area (Å²) in [4.78, 5) is 0. The monoisotopic (exact) mass is 215 g/mol. The highest BCUT2D eigenvalue weighted by atomic mass is 32.1. The van der Waals surface area contributed by atoms with Crippen molar-refractivity contribution in [1.82, 2.24) is 14.2 Å². The average Bonchev–Trinajstić information content (AvgIpc) is 2.63. The highest BCUT2D eigenvalue weighted by molar-refractivity contribution is 7.71. The van der Waals surface area contributed by atoms with Gasteiger partial charge in [-0.25, -0.2) is 0 Å². The highest BCUT2D eigenvalue weighted by Crippen LogP contribution is 2.19. The molecule has 0 radical (unpaired) electrons. The SMILES string of the molecule is Cn1ncn2c(cc3ccccc32)c1=S. The van der Waals surface area contributed by atoms with Crippen molar-refractivity contribution in [2.45, 2.75) is 0 Å². The summed E-state index contributed by atoms with van der Waals surface area (Å²) in [6.07, 6.45) is 1.80. The zero-order valence-electron chi connectivity index (χ0n) is 8.21. The van der Waals surface area contributed by atoms with Crippen LogP contribution >= 0.6 is 12.2 Å². The fraction of sp³-hybridized carbons (Fsp3) is 0.0909. The van der Waals surface area contributed by atoms with Crippen LogP contribution in [0.1, 0.15) is 0 Å². The number of aryl methyl sites for hydroxylation is 1. The van der Waals surface area contributed by atoms with Crippen molar-refractivity contribution in [1.29, 1.82) is 0 Å². The minimum absolute atomic E-state index is 0.758. The van der Waals surface area contributed by atoms with Gasteiger partial charge in [0.05, 0.1) is 11.0 Å². The molecule has 1 aromatic carbocycles. The number of nitrogens with zero attached hydrogens (tertiary/aromatic N) is 3. The minimum atomic E-state index is 0.758. The predicted octanol–water partition coefficient (Wildman–Crippen LogP) is 2.56. The Hall–Kier alpha value is -1.68. The second-order valence-corrected chi connectivity index (χ2v) is 3.90. The van der Waals surface area contributed by atoms with Crippen molar-refractivity contribution in [3.63, 3.8) is 0 Å². The standard InChI is InChI=1S/C11H9N3S/c1-13-11(15)10-6-8-4-2-3-5-9(8)14(10)7-12-13/h2-7H,1H3. The molecule has 3 nitrogen and oxygen atoms in total. The lowest BCUT2D eigenvalue weighted by Crippen LogP contribution is -2.01. The summed E-state index contributed by atoms with van der Waals surface area (Å²) in [7, 11) is 1.86. The van der Waals surface area contributed by atoms with Crippen LogP contribution in [-0.4, -0.2) is 14.2 Å². The number of para-hydroxylation sites is 1. The second kappa shape index (κ2) is 2.90. The van der Waals surface area contributed by atoms with Crippen molar-refractivity contribution >= 4 is 28.6 Å². The number of hydrogen-bond acceptors (Lipinski definition) is 2. The van der Waals surface area contributed by atoms with Gasteiger partial charge in [0.1, 0.15) is 11.0 Å². The van der Waals surface area contributed by atoms with E-state index in [0.29, 0.717) is 0 Å². The first-order valence-electron chi connectivity index (χ1n) is 4.69. The third-order valence-corrected chi connectivity index (χ3v) is 3.07. The van der Waals surface area contributed by atoms with Gasteiger partial charge in [-0.3, -0.25) is 9.08 Å². The van der Waals surface area contributed by atoms with Gasteiger partial charge in [-0.05, 0) is 12.1 Å². The third kappa shape index (κ3) is 1.11. The zero-order chi connectivity index (χ0) is 10.4. The van der Waals surface area contributed by atoms with E-state index in [2.05, 4.69) is 23.3 Å². The van der Waals surface area contributed by atoms with Gasteiger partial charge in [-0.15, -0.1) is 0 Å². The molecular weight excluding hydrogens is 206 g/mol. The minimum Gasteiger partial charge on any atom is -0.296 e. The fourth-order valence-electron chi connectivity index (χ4n) is 1.81. The van der Waals surface area contributed by atoms with Gasteiger partial charge < -0.3 is 0 Å². The van der Waals surface area contributed by atoms with E-state index < -0.39 is 0 Å². The number of fused-ring (bicyclic) bond motifs is 3. The molecule has 0 atom stereocenters. The van der Waals surface area contributed by atoms with Gasteiger partial charge in [0.15, 0.2) is 0 Å². The van der Waals surface area contributed by atoms with Crippen molar-refractivity contribution in [2.75, 3.05) is 0 Å². The van der Waals surface area contributed by atoms with Crippen molar-refractivity contribution in [3.8, 4) is 0 Å². The summed E-state index contributed by atoms with van der Waals surface area (Å²) in [5.74, 6) is 0. The Balaban J connectivity index is 2.66. The van der Waals surface area contributed by atoms with Gasteiger partial charge in [-0.1, -0.05) is 30.4 Å². The number of aromatic nitrogens is 3. The van der Waals surface area contributed by atoms with E-state index in [4.69, 9.17) is 12.2 Å². The van der Waals surface area contributed by atoms with Crippen LogP contribution in [0, 0.1) is 4.64 Å². The fourth-order valence-corrected chi connectivity index (χ4v) is 2.02. The molecule has 0 unspecified atom stereocenters. The van der Waals surface area contributed by atoms with Crippen LogP contribution in [0.3, 0.4) is 0 Å². The van der Waals surface area contributed by atoms with E-state index in [0.717, 1.165) is 15.7 Å².